The molecule has 0 radical (unpaired) electrons. The number of pyridine rings is 2. The predicted octanol–water partition coefficient (Wildman–Crippen LogP) is 1.67. The Morgan fingerprint density at radius 1 is 0.950 bits per heavy atom. The fraction of sp³-hybridized carbons (Fsp3) is 0.267. The lowest BCUT2D eigenvalue weighted by Gasteiger charge is -2.36. The van der Waals surface area contributed by atoms with Crippen LogP contribution >= 0.6 is 0 Å². The summed E-state index contributed by atoms with van der Waals surface area (Å²) in [6.45, 7) is 3.75. The maximum absolute atomic E-state index is 8.76. The Morgan fingerprint density at radius 3 is 2.35 bits per heavy atom. The standard InChI is InChI=1S/C15H15N5/c16-11-13-4-5-14(12-18-13)19-7-9-20(10-8-19)15-3-1-2-6-17-15/h1-6,12H,7-10H2. The molecule has 1 saturated heterocycles. The van der Waals surface area contributed by atoms with Crippen molar-refractivity contribution in [2.45, 2.75) is 0 Å². The minimum absolute atomic E-state index is 0.459. The Balaban J connectivity index is 1.65. The molecule has 0 atom stereocenters. The fourth-order valence-electron chi connectivity index (χ4n) is 2.37. The molecule has 5 nitrogen and oxygen atoms in total. The molecule has 3 heterocycles. The van der Waals surface area contributed by atoms with E-state index in [-0.39, 0.29) is 0 Å². The molecule has 0 unspecified atom stereocenters. The van der Waals surface area contributed by atoms with Crippen molar-refractivity contribution in [3.8, 4) is 6.07 Å². The Labute approximate surface area is 118 Å². The third-order valence-electron chi connectivity index (χ3n) is 3.48. The van der Waals surface area contributed by atoms with Crippen LogP contribution in [0.5, 0.6) is 0 Å². The first-order valence-corrected chi connectivity index (χ1v) is 6.64. The molecule has 0 spiro atoms. The van der Waals surface area contributed by atoms with Crippen molar-refractivity contribution in [2.24, 2.45) is 0 Å². The average molecular weight is 265 g/mol. The van der Waals surface area contributed by atoms with E-state index in [1.54, 1.807) is 12.3 Å². The van der Waals surface area contributed by atoms with Gasteiger partial charge in [-0.3, -0.25) is 0 Å². The Hall–Kier alpha value is -2.61. The Morgan fingerprint density at radius 2 is 1.75 bits per heavy atom. The van der Waals surface area contributed by atoms with Crippen LogP contribution in [0.1, 0.15) is 5.69 Å². The fourth-order valence-corrected chi connectivity index (χ4v) is 2.37. The maximum Gasteiger partial charge on any atom is 0.140 e. The monoisotopic (exact) mass is 265 g/mol. The number of anilines is 2. The summed E-state index contributed by atoms with van der Waals surface area (Å²) in [5.41, 5.74) is 1.53. The molecule has 1 aliphatic heterocycles. The van der Waals surface area contributed by atoms with Gasteiger partial charge in [0.05, 0.1) is 11.9 Å². The lowest BCUT2D eigenvalue weighted by molar-refractivity contribution is 0.646. The van der Waals surface area contributed by atoms with Crippen LogP contribution in [-0.2, 0) is 0 Å². The zero-order chi connectivity index (χ0) is 13.8. The van der Waals surface area contributed by atoms with Crippen molar-refractivity contribution in [2.75, 3.05) is 36.0 Å². The summed E-state index contributed by atoms with van der Waals surface area (Å²) in [5.74, 6) is 1.03. The number of nitrogens with zero attached hydrogens (tertiary/aromatic N) is 5. The molecule has 1 aliphatic rings. The molecule has 0 N–H and O–H groups in total. The zero-order valence-corrected chi connectivity index (χ0v) is 11.1. The van der Waals surface area contributed by atoms with Crippen molar-refractivity contribution in [3.05, 3.63) is 48.4 Å². The van der Waals surface area contributed by atoms with Gasteiger partial charge in [0, 0.05) is 32.4 Å². The highest BCUT2D eigenvalue weighted by molar-refractivity contribution is 5.48. The predicted molar refractivity (Wildman–Crippen MR) is 77.6 cm³/mol. The normalized spacial score (nSPS) is 14.9. The van der Waals surface area contributed by atoms with Gasteiger partial charge in [0.1, 0.15) is 17.6 Å². The lowest BCUT2D eigenvalue weighted by Crippen LogP contribution is -2.46. The zero-order valence-electron chi connectivity index (χ0n) is 11.1. The van der Waals surface area contributed by atoms with E-state index in [1.807, 2.05) is 36.5 Å². The smallest absolute Gasteiger partial charge is 0.140 e. The molecule has 20 heavy (non-hydrogen) atoms. The van der Waals surface area contributed by atoms with Gasteiger partial charge in [-0.25, -0.2) is 9.97 Å². The summed E-state index contributed by atoms with van der Waals surface area (Å²) in [6, 6.07) is 11.8. The van der Waals surface area contributed by atoms with E-state index in [4.69, 9.17) is 5.26 Å². The molecule has 2 aromatic rings. The molecule has 2 aromatic heterocycles. The van der Waals surface area contributed by atoms with Crippen molar-refractivity contribution in [1.82, 2.24) is 9.97 Å². The van der Waals surface area contributed by atoms with Crippen LogP contribution in [0.2, 0.25) is 0 Å². The van der Waals surface area contributed by atoms with E-state index in [9.17, 15) is 0 Å². The van der Waals surface area contributed by atoms with E-state index in [0.717, 1.165) is 37.7 Å². The van der Waals surface area contributed by atoms with Crippen LogP contribution in [0.4, 0.5) is 11.5 Å². The van der Waals surface area contributed by atoms with Gasteiger partial charge in [0.25, 0.3) is 0 Å². The van der Waals surface area contributed by atoms with Crippen LogP contribution in [-0.4, -0.2) is 36.1 Å². The van der Waals surface area contributed by atoms with Gasteiger partial charge in [-0.1, -0.05) is 6.07 Å². The van der Waals surface area contributed by atoms with Gasteiger partial charge < -0.3 is 9.80 Å². The third-order valence-corrected chi connectivity index (χ3v) is 3.48. The maximum atomic E-state index is 8.76. The highest BCUT2D eigenvalue weighted by atomic mass is 15.3. The topological polar surface area (TPSA) is 56.1 Å². The van der Waals surface area contributed by atoms with Gasteiger partial charge >= 0.3 is 0 Å². The summed E-state index contributed by atoms with van der Waals surface area (Å²) >= 11 is 0. The lowest BCUT2D eigenvalue weighted by atomic mass is 10.2. The molecule has 1 fully saturated rings. The van der Waals surface area contributed by atoms with Crippen LogP contribution in [0, 0.1) is 11.3 Å². The van der Waals surface area contributed by atoms with Crippen molar-refractivity contribution in [3.63, 3.8) is 0 Å². The van der Waals surface area contributed by atoms with Gasteiger partial charge in [-0.2, -0.15) is 5.26 Å². The van der Waals surface area contributed by atoms with E-state index in [0.29, 0.717) is 5.69 Å². The van der Waals surface area contributed by atoms with Crippen LogP contribution in [0.25, 0.3) is 0 Å². The second kappa shape index (κ2) is 5.57. The SMILES string of the molecule is N#Cc1ccc(N2CCN(c3ccccn3)CC2)cn1. The van der Waals surface area contributed by atoms with E-state index >= 15 is 0 Å². The minimum Gasteiger partial charge on any atom is -0.367 e. The number of hydrogen-bond acceptors (Lipinski definition) is 5. The van der Waals surface area contributed by atoms with Crippen LogP contribution in [0.3, 0.4) is 0 Å². The molecule has 3 rings (SSSR count). The largest absolute Gasteiger partial charge is 0.367 e. The molecular formula is C15H15N5. The van der Waals surface area contributed by atoms with Crippen LogP contribution < -0.4 is 9.80 Å². The third kappa shape index (κ3) is 2.54. The molecule has 0 aromatic carbocycles. The first kappa shape index (κ1) is 12.4. The number of nitriles is 1. The minimum atomic E-state index is 0.459. The van der Waals surface area contributed by atoms with Crippen molar-refractivity contribution in [1.29, 1.82) is 5.26 Å². The number of aromatic nitrogens is 2. The highest BCUT2D eigenvalue weighted by Crippen LogP contribution is 2.18. The average Bonchev–Trinajstić information content (AvgIpc) is 2.56. The van der Waals surface area contributed by atoms with E-state index in [1.165, 1.54) is 0 Å². The van der Waals surface area contributed by atoms with Gasteiger partial charge in [0.2, 0.25) is 0 Å². The summed E-state index contributed by atoms with van der Waals surface area (Å²) in [6.07, 6.45) is 3.60. The van der Waals surface area contributed by atoms with Gasteiger partial charge in [-0.05, 0) is 24.3 Å². The molecule has 0 bridgehead atoms. The number of rotatable bonds is 2. The molecule has 0 saturated carbocycles. The van der Waals surface area contributed by atoms with Crippen molar-refractivity contribution >= 4 is 11.5 Å². The second-order valence-electron chi connectivity index (χ2n) is 4.68. The quantitative estimate of drug-likeness (QED) is 0.826. The molecule has 0 amide bonds. The summed E-state index contributed by atoms with van der Waals surface area (Å²) in [4.78, 5) is 13.1. The summed E-state index contributed by atoms with van der Waals surface area (Å²) < 4.78 is 0. The van der Waals surface area contributed by atoms with Gasteiger partial charge in [0.15, 0.2) is 0 Å². The van der Waals surface area contributed by atoms with E-state index < -0.39 is 0 Å². The molecular weight excluding hydrogens is 250 g/mol. The first-order valence-electron chi connectivity index (χ1n) is 6.64. The molecule has 5 heteroatoms. The Bertz CT molecular complexity index is 594. The molecule has 100 valence electrons. The van der Waals surface area contributed by atoms with Crippen LogP contribution in [0.15, 0.2) is 42.7 Å². The summed E-state index contributed by atoms with van der Waals surface area (Å²) in [7, 11) is 0. The van der Waals surface area contributed by atoms with Crippen molar-refractivity contribution < 1.29 is 0 Å². The first-order chi connectivity index (χ1) is 9.86. The highest BCUT2D eigenvalue weighted by Gasteiger charge is 2.18. The Kier molecular flexibility index (Phi) is 3.46. The summed E-state index contributed by atoms with van der Waals surface area (Å²) in [5, 5.41) is 8.76. The number of hydrogen-bond donors (Lipinski definition) is 0. The van der Waals surface area contributed by atoms with Gasteiger partial charge in [-0.15, -0.1) is 0 Å². The van der Waals surface area contributed by atoms with E-state index in [2.05, 4.69) is 19.8 Å². The molecule has 0 aliphatic carbocycles. The number of piperazine rings is 1. The second-order valence-corrected chi connectivity index (χ2v) is 4.68.